The van der Waals surface area contributed by atoms with Gasteiger partial charge < -0.3 is 14.8 Å². The molecule has 3 rings (SSSR count). The first-order chi connectivity index (χ1) is 13.1. The lowest BCUT2D eigenvalue weighted by molar-refractivity contribution is 0.102. The van der Waals surface area contributed by atoms with E-state index in [0.29, 0.717) is 40.7 Å². The summed E-state index contributed by atoms with van der Waals surface area (Å²) in [6.45, 7) is 1.81. The molecule has 0 saturated carbocycles. The van der Waals surface area contributed by atoms with Crippen molar-refractivity contribution in [2.45, 2.75) is 13.3 Å². The zero-order valence-corrected chi connectivity index (χ0v) is 15.5. The predicted molar refractivity (Wildman–Crippen MR) is 104 cm³/mol. The number of ether oxygens (including phenoxy) is 2. The number of methoxy groups -OCH3 is 2. The molecule has 1 amide bonds. The summed E-state index contributed by atoms with van der Waals surface area (Å²) >= 11 is 0. The normalized spacial score (nSPS) is 10.3. The van der Waals surface area contributed by atoms with Gasteiger partial charge in [-0.05, 0) is 24.6 Å². The van der Waals surface area contributed by atoms with E-state index in [4.69, 9.17) is 9.47 Å². The van der Waals surface area contributed by atoms with Crippen molar-refractivity contribution in [3.05, 3.63) is 77.4 Å². The van der Waals surface area contributed by atoms with Crippen LogP contribution in [0.2, 0.25) is 0 Å². The van der Waals surface area contributed by atoms with Crippen molar-refractivity contribution < 1.29 is 14.3 Å². The molecule has 0 atom stereocenters. The highest BCUT2D eigenvalue weighted by atomic mass is 16.5. The molecule has 0 spiro atoms. The van der Waals surface area contributed by atoms with Gasteiger partial charge in [0.2, 0.25) is 0 Å². The fourth-order valence-corrected chi connectivity index (χ4v) is 2.71. The van der Waals surface area contributed by atoms with Gasteiger partial charge in [0.25, 0.3) is 5.91 Å². The highest BCUT2D eigenvalue weighted by Crippen LogP contribution is 2.30. The Balaban J connectivity index is 1.75. The molecule has 0 aliphatic carbocycles. The summed E-state index contributed by atoms with van der Waals surface area (Å²) in [6, 6.07) is 15.2. The predicted octanol–water partition coefficient (Wildman–Crippen LogP) is 3.65. The standard InChI is InChI=1S/C21H21N3O3/c1-14-17(13-22-20(23-14)11-15-7-5-4-6-8-15)21(25)24-16-9-10-18(26-2)19(12-16)27-3/h4-10,12-13H,11H2,1-3H3,(H,24,25). The summed E-state index contributed by atoms with van der Waals surface area (Å²) in [5, 5.41) is 2.84. The molecular formula is C21H21N3O3. The molecule has 138 valence electrons. The van der Waals surface area contributed by atoms with Crippen LogP contribution in [0.4, 0.5) is 5.69 Å². The molecule has 0 bridgehead atoms. The van der Waals surface area contributed by atoms with Crippen molar-refractivity contribution >= 4 is 11.6 Å². The molecular weight excluding hydrogens is 342 g/mol. The van der Waals surface area contributed by atoms with Crippen LogP contribution >= 0.6 is 0 Å². The Morgan fingerprint density at radius 1 is 1.04 bits per heavy atom. The number of amides is 1. The number of carbonyl (C=O) groups is 1. The second kappa shape index (κ2) is 8.31. The van der Waals surface area contributed by atoms with Crippen LogP contribution in [0.1, 0.15) is 27.4 Å². The van der Waals surface area contributed by atoms with Crippen LogP contribution in [-0.4, -0.2) is 30.1 Å². The lowest BCUT2D eigenvalue weighted by atomic mass is 10.1. The van der Waals surface area contributed by atoms with Gasteiger partial charge in [-0.25, -0.2) is 9.97 Å². The van der Waals surface area contributed by atoms with Gasteiger partial charge in [-0.15, -0.1) is 0 Å². The smallest absolute Gasteiger partial charge is 0.259 e. The second-order valence-electron chi connectivity index (χ2n) is 5.97. The number of nitrogens with zero attached hydrogens (tertiary/aromatic N) is 2. The molecule has 0 saturated heterocycles. The molecule has 0 unspecified atom stereocenters. The van der Waals surface area contributed by atoms with Crippen molar-refractivity contribution in [3.63, 3.8) is 0 Å². The molecule has 0 fully saturated rings. The number of aryl methyl sites for hydroxylation is 1. The third-order valence-electron chi connectivity index (χ3n) is 4.12. The Morgan fingerprint density at radius 2 is 1.78 bits per heavy atom. The van der Waals surface area contributed by atoms with Crippen LogP contribution in [0.5, 0.6) is 11.5 Å². The Hall–Kier alpha value is -3.41. The molecule has 0 radical (unpaired) electrons. The van der Waals surface area contributed by atoms with E-state index in [1.165, 1.54) is 0 Å². The summed E-state index contributed by atoms with van der Waals surface area (Å²) in [6.07, 6.45) is 2.19. The van der Waals surface area contributed by atoms with Gasteiger partial charge in [0, 0.05) is 24.4 Å². The summed E-state index contributed by atoms with van der Waals surface area (Å²) in [7, 11) is 3.11. The molecule has 1 aromatic heterocycles. The van der Waals surface area contributed by atoms with Crippen molar-refractivity contribution in [3.8, 4) is 11.5 Å². The van der Waals surface area contributed by atoms with E-state index in [0.717, 1.165) is 5.56 Å². The monoisotopic (exact) mass is 363 g/mol. The number of aromatic nitrogens is 2. The van der Waals surface area contributed by atoms with E-state index in [-0.39, 0.29) is 5.91 Å². The third-order valence-corrected chi connectivity index (χ3v) is 4.12. The topological polar surface area (TPSA) is 73.3 Å². The van der Waals surface area contributed by atoms with Gasteiger partial charge in [0.15, 0.2) is 11.5 Å². The quantitative estimate of drug-likeness (QED) is 0.724. The first-order valence-corrected chi connectivity index (χ1v) is 8.50. The summed E-state index contributed by atoms with van der Waals surface area (Å²) in [4.78, 5) is 21.4. The highest BCUT2D eigenvalue weighted by molar-refractivity contribution is 6.04. The maximum Gasteiger partial charge on any atom is 0.259 e. The lowest BCUT2D eigenvalue weighted by Gasteiger charge is -2.11. The van der Waals surface area contributed by atoms with Gasteiger partial charge in [-0.1, -0.05) is 30.3 Å². The number of hydrogen-bond acceptors (Lipinski definition) is 5. The lowest BCUT2D eigenvalue weighted by Crippen LogP contribution is -2.15. The Morgan fingerprint density at radius 3 is 2.44 bits per heavy atom. The van der Waals surface area contributed by atoms with E-state index in [1.807, 2.05) is 30.3 Å². The summed E-state index contributed by atoms with van der Waals surface area (Å²) in [5.74, 6) is 1.55. The minimum Gasteiger partial charge on any atom is -0.493 e. The van der Waals surface area contributed by atoms with Gasteiger partial charge in [0.05, 0.1) is 25.5 Å². The van der Waals surface area contributed by atoms with Crippen LogP contribution in [0.15, 0.2) is 54.7 Å². The van der Waals surface area contributed by atoms with E-state index >= 15 is 0 Å². The average Bonchev–Trinajstić information content (AvgIpc) is 2.68. The van der Waals surface area contributed by atoms with Crippen molar-refractivity contribution in [2.24, 2.45) is 0 Å². The van der Waals surface area contributed by atoms with Crippen LogP contribution in [0.3, 0.4) is 0 Å². The number of rotatable bonds is 6. The molecule has 3 aromatic rings. The molecule has 1 N–H and O–H groups in total. The minimum absolute atomic E-state index is 0.272. The number of nitrogens with one attached hydrogen (secondary N) is 1. The van der Waals surface area contributed by atoms with Crippen molar-refractivity contribution in [2.75, 3.05) is 19.5 Å². The molecule has 1 heterocycles. The molecule has 2 aromatic carbocycles. The van der Waals surface area contributed by atoms with E-state index < -0.39 is 0 Å². The molecule has 0 aliphatic heterocycles. The molecule has 27 heavy (non-hydrogen) atoms. The van der Waals surface area contributed by atoms with Gasteiger partial charge in [0.1, 0.15) is 5.82 Å². The number of carbonyl (C=O) groups excluding carboxylic acids is 1. The SMILES string of the molecule is COc1ccc(NC(=O)c2cnc(Cc3ccccc3)nc2C)cc1OC. The van der Waals surface area contributed by atoms with Crippen molar-refractivity contribution in [1.82, 2.24) is 9.97 Å². The maximum absolute atomic E-state index is 12.6. The zero-order valence-electron chi connectivity index (χ0n) is 15.5. The summed E-state index contributed by atoms with van der Waals surface area (Å²) in [5.41, 5.74) is 2.79. The van der Waals surface area contributed by atoms with Gasteiger partial charge in [-0.3, -0.25) is 4.79 Å². The van der Waals surface area contributed by atoms with Crippen LogP contribution < -0.4 is 14.8 Å². The maximum atomic E-state index is 12.6. The first-order valence-electron chi connectivity index (χ1n) is 8.50. The van der Waals surface area contributed by atoms with E-state index in [1.54, 1.807) is 45.5 Å². The summed E-state index contributed by atoms with van der Waals surface area (Å²) < 4.78 is 10.5. The Kier molecular flexibility index (Phi) is 5.66. The van der Waals surface area contributed by atoms with Crippen LogP contribution in [-0.2, 0) is 6.42 Å². The average molecular weight is 363 g/mol. The number of anilines is 1. The van der Waals surface area contributed by atoms with Crippen LogP contribution in [0, 0.1) is 6.92 Å². The minimum atomic E-state index is -0.272. The highest BCUT2D eigenvalue weighted by Gasteiger charge is 2.14. The first kappa shape index (κ1) is 18.4. The second-order valence-corrected chi connectivity index (χ2v) is 5.97. The largest absolute Gasteiger partial charge is 0.493 e. The molecule has 6 nitrogen and oxygen atoms in total. The van der Waals surface area contributed by atoms with Gasteiger partial charge >= 0.3 is 0 Å². The number of hydrogen-bond donors (Lipinski definition) is 1. The molecule has 0 aliphatic rings. The van der Waals surface area contributed by atoms with Crippen LogP contribution in [0.25, 0.3) is 0 Å². The van der Waals surface area contributed by atoms with Gasteiger partial charge in [-0.2, -0.15) is 0 Å². The Bertz CT molecular complexity index is 943. The van der Waals surface area contributed by atoms with E-state index in [2.05, 4.69) is 15.3 Å². The fourth-order valence-electron chi connectivity index (χ4n) is 2.71. The van der Waals surface area contributed by atoms with E-state index in [9.17, 15) is 4.79 Å². The number of benzene rings is 2. The zero-order chi connectivity index (χ0) is 19.2. The third kappa shape index (κ3) is 4.41. The molecule has 6 heteroatoms. The Labute approximate surface area is 158 Å². The fraction of sp³-hybridized carbons (Fsp3) is 0.190. The van der Waals surface area contributed by atoms with Crippen molar-refractivity contribution in [1.29, 1.82) is 0 Å².